The fraction of sp³-hybridized carbons (Fsp3) is 0.333. The number of hydrogen-bond donors (Lipinski definition) is 3. The molecule has 164 valence electrons. The predicted molar refractivity (Wildman–Crippen MR) is 115 cm³/mol. The highest BCUT2D eigenvalue weighted by atomic mass is 19.2. The third kappa shape index (κ3) is 2.77. The Morgan fingerprint density at radius 2 is 1.88 bits per heavy atom. The summed E-state index contributed by atoms with van der Waals surface area (Å²) in [6.45, 7) is 3.15. The van der Waals surface area contributed by atoms with Gasteiger partial charge in [-0.1, -0.05) is 0 Å². The molecule has 0 spiro atoms. The lowest BCUT2D eigenvalue weighted by Crippen LogP contribution is -2.29. The molecular weight excluding hydrogens is 418 g/mol. The van der Waals surface area contributed by atoms with Crippen LogP contribution in [0.3, 0.4) is 0 Å². The van der Waals surface area contributed by atoms with Gasteiger partial charge in [0, 0.05) is 32.2 Å². The van der Waals surface area contributed by atoms with Crippen molar-refractivity contribution in [1.82, 2.24) is 24.9 Å². The maximum absolute atomic E-state index is 15.0. The number of aryl methyl sites for hydroxylation is 1. The molecule has 2 unspecified atom stereocenters. The van der Waals surface area contributed by atoms with Crippen LogP contribution in [0.15, 0.2) is 18.5 Å². The minimum atomic E-state index is -0.947. The predicted octanol–water partition coefficient (Wildman–Crippen LogP) is 2.72. The van der Waals surface area contributed by atoms with Crippen LogP contribution in [0, 0.1) is 30.4 Å². The maximum Gasteiger partial charge on any atom is 0.326 e. The third-order valence-electron chi connectivity index (χ3n) is 6.38. The van der Waals surface area contributed by atoms with Crippen molar-refractivity contribution in [3.05, 3.63) is 35.9 Å². The Morgan fingerprint density at radius 3 is 2.56 bits per heavy atom. The normalized spacial score (nSPS) is 21.9. The van der Waals surface area contributed by atoms with E-state index in [1.54, 1.807) is 14.0 Å². The van der Waals surface area contributed by atoms with Crippen LogP contribution in [-0.2, 0) is 0 Å². The molecule has 9 nitrogen and oxygen atoms in total. The molecule has 1 aliphatic carbocycles. The van der Waals surface area contributed by atoms with Gasteiger partial charge in [-0.15, -0.1) is 0 Å². The lowest BCUT2D eigenvalue weighted by molar-refractivity contribution is 0.439. The van der Waals surface area contributed by atoms with Crippen LogP contribution in [0.1, 0.15) is 5.82 Å². The Hall–Kier alpha value is -3.60. The number of nitrogens with one attached hydrogen (secondary N) is 2. The number of aromatic nitrogens is 5. The van der Waals surface area contributed by atoms with E-state index >= 15 is 4.39 Å². The van der Waals surface area contributed by atoms with E-state index in [0.29, 0.717) is 64.6 Å². The van der Waals surface area contributed by atoms with Crippen LogP contribution >= 0.6 is 0 Å². The van der Waals surface area contributed by atoms with Gasteiger partial charge in [-0.3, -0.25) is 0 Å². The molecule has 1 aliphatic heterocycles. The van der Waals surface area contributed by atoms with Gasteiger partial charge in [0.15, 0.2) is 17.4 Å². The van der Waals surface area contributed by atoms with Gasteiger partial charge in [-0.25, -0.2) is 18.7 Å². The fourth-order valence-corrected chi connectivity index (χ4v) is 4.61. The fourth-order valence-electron chi connectivity index (χ4n) is 4.61. The van der Waals surface area contributed by atoms with Crippen LogP contribution in [-0.4, -0.2) is 51.1 Å². The average Bonchev–Trinajstić information content (AvgIpc) is 3.15. The summed E-state index contributed by atoms with van der Waals surface area (Å²) in [5, 5.41) is 3.42. The highest BCUT2D eigenvalue weighted by Gasteiger charge is 2.54. The summed E-state index contributed by atoms with van der Waals surface area (Å²) in [7, 11) is 1.64. The summed E-state index contributed by atoms with van der Waals surface area (Å²) in [6, 6.07) is 1.35. The zero-order chi connectivity index (χ0) is 22.1. The Bertz CT molecular complexity index is 1360. The highest BCUT2D eigenvalue weighted by Crippen LogP contribution is 2.47. The topological polar surface area (TPSA) is 118 Å². The zero-order valence-electron chi connectivity index (χ0n) is 17.4. The minimum Gasteiger partial charge on any atom is -0.421 e. The first-order valence-corrected chi connectivity index (χ1v) is 10.3. The van der Waals surface area contributed by atoms with Crippen molar-refractivity contribution < 1.29 is 13.5 Å². The summed E-state index contributed by atoms with van der Waals surface area (Å²) >= 11 is 0. The lowest BCUT2D eigenvalue weighted by Gasteiger charge is -2.21. The van der Waals surface area contributed by atoms with Gasteiger partial charge in [-0.05, 0) is 18.8 Å². The number of halogens is 2. The van der Waals surface area contributed by atoms with Crippen molar-refractivity contribution >= 4 is 33.4 Å². The van der Waals surface area contributed by atoms with Crippen LogP contribution in [0.25, 0.3) is 21.9 Å². The van der Waals surface area contributed by atoms with Crippen molar-refractivity contribution in [2.24, 2.45) is 17.6 Å². The Balaban J connectivity index is 1.56. The average molecular weight is 438 g/mol. The summed E-state index contributed by atoms with van der Waals surface area (Å²) in [5.41, 5.74) is 7.28. The standard InChI is InChI=1S/C21H20F2N8O/c1-8-26-4-9(5-27-8)32-21-29-19-15(20(30-21)31-6-10-11(7-31)17(10)24)14-16(23)12(22)3-13(25-2)18(14)28-19/h3-5,10-11,17,25H,6-7,24H2,1-2H3,(H,28,29,30). The summed E-state index contributed by atoms with van der Waals surface area (Å²) in [4.78, 5) is 22.4. The number of fused-ring (bicyclic) bond motifs is 4. The summed E-state index contributed by atoms with van der Waals surface area (Å²) in [5.74, 6) is 0.305. The molecule has 0 bridgehead atoms. The molecule has 2 fully saturated rings. The van der Waals surface area contributed by atoms with Crippen LogP contribution in [0.2, 0.25) is 0 Å². The smallest absolute Gasteiger partial charge is 0.326 e. The number of hydrogen-bond acceptors (Lipinski definition) is 8. The van der Waals surface area contributed by atoms with E-state index in [2.05, 4.69) is 30.2 Å². The molecule has 2 atom stereocenters. The van der Waals surface area contributed by atoms with E-state index < -0.39 is 11.6 Å². The van der Waals surface area contributed by atoms with Gasteiger partial charge in [-0.2, -0.15) is 9.97 Å². The Morgan fingerprint density at radius 1 is 1.16 bits per heavy atom. The molecule has 4 N–H and O–H groups in total. The SMILES string of the molecule is CNc1cc(F)c(F)c2c1[nH]c1nc(Oc3cnc(C)nc3)nc(N3CC4C(N)C4C3)c12. The van der Waals surface area contributed by atoms with Gasteiger partial charge in [0.2, 0.25) is 0 Å². The van der Waals surface area contributed by atoms with Crippen LogP contribution in [0.4, 0.5) is 20.3 Å². The monoisotopic (exact) mass is 438 g/mol. The molecule has 0 amide bonds. The van der Waals surface area contributed by atoms with E-state index in [9.17, 15) is 4.39 Å². The molecule has 0 radical (unpaired) electrons. The maximum atomic E-state index is 15.0. The van der Waals surface area contributed by atoms with Gasteiger partial charge in [0.25, 0.3) is 0 Å². The zero-order valence-corrected chi connectivity index (χ0v) is 17.4. The molecule has 3 aromatic heterocycles. The van der Waals surface area contributed by atoms with Crippen molar-refractivity contribution in [2.45, 2.75) is 13.0 Å². The van der Waals surface area contributed by atoms with Crippen molar-refractivity contribution in [3.63, 3.8) is 0 Å². The molecule has 4 heterocycles. The molecule has 1 saturated carbocycles. The second-order valence-corrected chi connectivity index (χ2v) is 8.28. The van der Waals surface area contributed by atoms with E-state index in [1.165, 1.54) is 12.4 Å². The molecule has 6 rings (SSSR count). The first-order chi connectivity index (χ1) is 15.4. The van der Waals surface area contributed by atoms with E-state index in [4.69, 9.17) is 10.5 Å². The molecule has 1 saturated heterocycles. The Kier molecular flexibility index (Phi) is 4.00. The molecule has 4 aromatic rings. The van der Waals surface area contributed by atoms with Gasteiger partial charge in [0.1, 0.15) is 17.3 Å². The van der Waals surface area contributed by atoms with E-state index in [-0.39, 0.29) is 17.4 Å². The number of benzene rings is 1. The van der Waals surface area contributed by atoms with Gasteiger partial charge in [0.05, 0.1) is 34.4 Å². The number of ether oxygens (including phenoxy) is 1. The lowest BCUT2D eigenvalue weighted by atomic mass is 10.1. The first-order valence-electron chi connectivity index (χ1n) is 10.3. The summed E-state index contributed by atoms with van der Waals surface area (Å²) in [6.07, 6.45) is 3.05. The first kappa shape index (κ1) is 19.1. The van der Waals surface area contributed by atoms with Crippen LogP contribution in [0.5, 0.6) is 11.8 Å². The number of rotatable bonds is 4. The van der Waals surface area contributed by atoms with Crippen molar-refractivity contribution in [2.75, 3.05) is 30.4 Å². The molecule has 1 aromatic carbocycles. The van der Waals surface area contributed by atoms with Gasteiger partial charge < -0.3 is 25.7 Å². The second kappa shape index (κ2) is 6.70. The molecular formula is C21H20F2N8O. The number of H-pyrrole nitrogens is 1. The summed E-state index contributed by atoms with van der Waals surface area (Å²) < 4.78 is 35.2. The van der Waals surface area contributed by atoms with Gasteiger partial charge >= 0.3 is 6.01 Å². The Labute approximate surface area is 181 Å². The number of anilines is 2. The second-order valence-electron chi connectivity index (χ2n) is 8.28. The quantitative estimate of drug-likeness (QED) is 0.445. The number of piperidine rings is 1. The van der Waals surface area contributed by atoms with Crippen molar-refractivity contribution in [1.29, 1.82) is 0 Å². The van der Waals surface area contributed by atoms with Crippen molar-refractivity contribution in [3.8, 4) is 11.8 Å². The van der Waals surface area contributed by atoms with E-state index in [1.807, 2.05) is 4.90 Å². The van der Waals surface area contributed by atoms with E-state index in [0.717, 1.165) is 6.07 Å². The number of nitrogens with zero attached hydrogens (tertiary/aromatic N) is 5. The van der Waals surface area contributed by atoms with Crippen LogP contribution < -0.4 is 20.7 Å². The number of aromatic amines is 1. The highest BCUT2D eigenvalue weighted by molar-refractivity contribution is 6.15. The molecule has 11 heteroatoms. The third-order valence-corrected chi connectivity index (χ3v) is 6.38. The number of nitrogens with two attached hydrogens (primary N) is 1. The molecule has 2 aliphatic rings. The molecule has 32 heavy (non-hydrogen) atoms. The largest absolute Gasteiger partial charge is 0.421 e. The minimum absolute atomic E-state index is 0.0586.